The molecule has 0 aliphatic carbocycles. The summed E-state index contributed by atoms with van der Waals surface area (Å²) in [6, 6.07) is 12.1. The highest BCUT2D eigenvalue weighted by Crippen LogP contribution is 2.21. The Morgan fingerprint density at radius 3 is 2.50 bits per heavy atom. The van der Waals surface area contributed by atoms with Crippen molar-refractivity contribution in [3.05, 3.63) is 58.4 Å². The van der Waals surface area contributed by atoms with Gasteiger partial charge in [-0.25, -0.2) is 8.42 Å². The summed E-state index contributed by atoms with van der Waals surface area (Å²) < 4.78 is 36.0. The van der Waals surface area contributed by atoms with Crippen LogP contribution in [0.15, 0.2) is 52.4 Å². The Hall–Kier alpha value is -2.33. The molecule has 1 aromatic heterocycles. The number of aromatic nitrogens is 1. The van der Waals surface area contributed by atoms with Gasteiger partial charge in [0.05, 0.1) is 21.7 Å². The van der Waals surface area contributed by atoms with E-state index in [9.17, 15) is 13.2 Å². The molecule has 0 fully saturated rings. The summed E-state index contributed by atoms with van der Waals surface area (Å²) in [5.41, 5.74) is 2.50. The minimum absolute atomic E-state index is 0.186. The first kappa shape index (κ1) is 26.3. The molecule has 0 saturated heterocycles. The Morgan fingerprint density at radius 2 is 1.85 bits per heavy atom. The van der Waals surface area contributed by atoms with Gasteiger partial charge in [-0.3, -0.25) is 4.79 Å². The number of rotatable bonds is 11. The quantitative estimate of drug-likeness (QED) is 0.358. The lowest BCUT2D eigenvalue weighted by atomic mass is 10.2. The lowest BCUT2D eigenvalue weighted by molar-refractivity contribution is 0.0996. The van der Waals surface area contributed by atoms with E-state index in [2.05, 4.69) is 4.99 Å². The highest BCUT2D eigenvalue weighted by molar-refractivity contribution is 7.89. The second-order valence-electron chi connectivity index (χ2n) is 7.95. The van der Waals surface area contributed by atoms with E-state index >= 15 is 0 Å². The zero-order chi connectivity index (χ0) is 24.7. The molecule has 9 heteroatoms. The van der Waals surface area contributed by atoms with Gasteiger partial charge >= 0.3 is 0 Å². The average molecular weight is 504 g/mol. The van der Waals surface area contributed by atoms with Gasteiger partial charge in [-0.2, -0.15) is 9.30 Å². The molecule has 0 bridgehead atoms. The number of ether oxygens (including phenoxy) is 1. The molecule has 0 radical (unpaired) electrons. The predicted molar refractivity (Wildman–Crippen MR) is 137 cm³/mol. The zero-order valence-corrected chi connectivity index (χ0v) is 21.9. The predicted octanol–water partition coefficient (Wildman–Crippen LogP) is 4.60. The summed E-state index contributed by atoms with van der Waals surface area (Å²) in [5.74, 6) is -0.406. The van der Waals surface area contributed by atoms with E-state index < -0.39 is 15.9 Å². The SMILES string of the molecule is CCCCN(CC)S(=O)(=O)c1ccc(C(=O)N=c2sc3cccc(C)c3n2CCOCC)cc1. The number of hydrogen-bond acceptors (Lipinski definition) is 5. The standard InChI is InChI=1S/C25H33N3O4S2/c1-5-8-16-27(6-2)34(30,31)21-14-12-20(13-15-21)24(29)26-25-28(17-18-32-7-3)23-19(4)10-9-11-22(23)33-25/h9-15H,5-8,16-18H2,1-4H3. The number of carbonyl (C=O) groups excluding carboxylic acids is 1. The largest absolute Gasteiger partial charge is 0.380 e. The van der Waals surface area contributed by atoms with Gasteiger partial charge in [0, 0.05) is 31.8 Å². The molecule has 3 aromatic rings. The fraction of sp³-hybridized carbons (Fsp3) is 0.440. The number of amides is 1. The van der Waals surface area contributed by atoms with E-state index in [1.807, 2.05) is 50.5 Å². The van der Waals surface area contributed by atoms with Gasteiger partial charge in [0.1, 0.15) is 0 Å². The van der Waals surface area contributed by atoms with Crippen molar-refractivity contribution < 1.29 is 17.9 Å². The summed E-state index contributed by atoms with van der Waals surface area (Å²) in [5, 5.41) is 0. The number of para-hydroxylation sites is 1. The number of carbonyl (C=O) groups is 1. The van der Waals surface area contributed by atoms with Crippen molar-refractivity contribution >= 4 is 37.5 Å². The number of sulfonamides is 1. The lowest BCUT2D eigenvalue weighted by Gasteiger charge is -2.20. The molecule has 0 saturated carbocycles. The van der Waals surface area contributed by atoms with Gasteiger partial charge in [0.15, 0.2) is 4.80 Å². The molecule has 1 amide bonds. The lowest BCUT2D eigenvalue weighted by Crippen LogP contribution is -2.31. The van der Waals surface area contributed by atoms with Crippen LogP contribution in [0, 0.1) is 6.92 Å². The van der Waals surface area contributed by atoms with Crippen LogP contribution in [0.25, 0.3) is 10.2 Å². The Labute approximate surface area is 205 Å². The van der Waals surface area contributed by atoms with Crippen LogP contribution < -0.4 is 4.80 Å². The maximum atomic E-state index is 13.0. The molecule has 0 N–H and O–H groups in total. The number of hydrogen-bond donors (Lipinski definition) is 0. The molecule has 1 heterocycles. The second-order valence-corrected chi connectivity index (χ2v) is 10.9. The summed E-state index contributed by atoms with van der Waals surface area (Å²) in [6.07, 6.45) is 1.73. The van der Waals surface area contributed by atoms with Crippen LogP contribution >= 0.6 is 11.3 Å². The van der Waals surface area contributed by atoms with Gasteiger partial charge in [0.25, 0.3) is 5.91 Å². The highest BCUT2D eigenvalue weighted by atomic mass is 32.2. The third kappa shape index (κ3) is 5.83. The molecule has 0 atom stereocenters. The van der Waals surface area contributed by atoms with E-state index in [1.165, 1.54) is 39.9 Å². The summed E-state index contributed by atoms with van der Waals surface area (Å²) in [6.45, 7) is 10.5. The van der Waals surface area contributed by atoms with Gasteiger partial charge in [-0.1, -0.05) is 43.7 Å². The van der Waals surface area contributed by atoms with Crippen molar-refractivity contribution in [2.75, 3.05) is 26.3 Å². The summed E-state index contributed by atoms with van der Waals surface area (Å²) in [4.78, 5) is 18.2. The van der Waals surface area contributed by atoms with Crippen molar-refractivity contribution in [3.63, 3.8) is 0 Å². The molecule has 184 valence electrons. The molecular weight excluding hydrogens is 470 g/mol. The van der Waals surface area contributed by atoms with Crippen LogP contribution in [0.5, 0.6) is 0 Å². The van der Waals surface area contributed by atoms with Crippen molar-refractivity contribution in [2.24, 2.45) is 4.99 Å². The number of nitrogens with zero attached hydrogens (tertiary/aromatic N) is 3. The van der Waals surface area contributed by atoms with Crippen molar-refractivity contribution in [2.45, 2.75) is 52.0 Å². The van der Waals surface area contributed by atoms with Crippen LogP contribution in [0.3, 0.4) is 0 Å². The minimum atomic E-state index is -3.59. The number of benzene rings is 2. The van der Waals surface area contributed by atoms with Crippen molar-refractivity contribution in [3.8, 4) is 0 Å². The topological polar surface area (TPSA) is 81.0 Å². The van der Waals surface area contributed by atoms with E-state index in [4.69, 9.17) is 4.74 Å². The molecule has 0 aliphatic rings. The van der Waals surface area contributed by atoms with Crippen LogP contribution in [-0.4, -0.2) is 49.5 Å². The molecule has 7 nitrogen and oxygen atoms in total. The minimum Gasteiger partial charge on any atom is -0.380 e. The summed E-state index contributed by atoms with van der Waals surface area (Å²) in [7, 11) is -3.59. The highest BCUT2D eigenvalue weighted by Gasteiger charge is 2.22. The number of unbranched alkanes of at least 4 members (excludes halogenated alkanes) is 1. The Morgan fingerprint density at radius 1 is 1.12 bits per heavy atom. The van der Waals surface area contributed by atoms with Gasteiger partial charge in [0.2, 0.25) is 10.0 Å². The first-order valence-electron chi connectivity index (χ1n) is 11.7. The van der Waals surface area contributed by atoms with Gasteiger partial charge in [-0.05, 0) is 56.2 Å². The van der Waals surface area contributed by atoms with Crippen LogP contribution in [0.2, 0.25) is 0 Å². The molecule has 0 spiro atoms. The zero-order valence-electron chi connectivity index (χ0n) is 20.3. The number of thiazole rings is 1. The third-order valence-electron chi connectivity index (χ3n) is 5.62. The Balaban J connectivity index is 1.93. The Bertz CT molecular complexity index is 1290. The van der Waals surface area contributed by atoms with Crippen molar-refractivity contribution in [1.82, 2.24) is 8.87 Å². The molecular formula is C25H33N3O4S2. The van der Waals surface area contributed by atoms with Crippen LogP contribution in [-0.2, 0) is 21.3 Å². The molecule has 2 aromatic carbocycles. The van der Waals surface area contributed by atoms with Crippen molar-refractivity contribution in [1.29, 1.82) is 0 Å². The Kier molecular flexibility index (Phi) is 9.18. The van der Waals surface area contributed by atoms with Gasteiger partial charge in [-0.15, -0.1) is 0 Å². The monoisotopic (exact) mass is 503 g/mol. The normalized spacial score (nSPS) is 12.7. The van der Waals surface area contributed by atoms with Crippen LogP contribution in [0.1, 0.15) is 49.5 Å². The maximum absolute atomic E-state index is 13.0. The van der Waals surface area contributed by atoms with E-state index in [-0.39, 0.29) is 4.90 Å². The van der Waals surface area contributed by atoms with E-state index in [1.54, 1.807) is 0 Å². The molecule has 0 aliphatic heterocycles. The molecule has 34 heavy (non-hydrogen) atoms. The maximum Gasteiger partial charge on any atom is 0.279 e. The smallest absolute Gasteiger partial charge is 0.279 e. The van der Waals surface area contributed by atoms with E-state index in [0.717, 1.165) is 28.6 Å². The fourth-order valence-corrected chi connectivity index (χ4v) is 6.37. The second kappa shape index (κ2) is 11.9. The van der Waals surface area contributed by atoms with Crippen LogP contribution in [0.4, 0.5) is 0 Å². The summed E-state index contributed by atoms with van der Waals surface area (Å²) >= 11 is 1.46. The van der Waals surface area contributed by atoms with Gasteiger partial charge < -0.3 is 9.30 Å². The number of aryl methyl sites for hydroxylation is 1. The fourth-order valence-electron chi connectivity index (χ4n) is 3.75. The third-order valence-corrected chi connectivity index (χ3v) is 8.65. The van der Waals surface area contributed by atoms with E-state index in [0.29, 0.717) is 43.2 Å². The average Bonchev–Trinajstić information content (AvgIpc) is 3.18. The first-order valence-corrected chi connectivity index (χ1v) is 13.9. The first-order chi connectivity index (χ1) is 16.3. The molecule has 0 unspecified atom stereocenters. The molecule has 3 rings (SSSR count). The number of fused-ring (bicyclic) bond motifs is 1.